The summed E-state index contributed by atoms with van der Waals surface area (Å²) >= 11 is 6.53. The molecule has 5 rings (SSSR count). The minimum atomic E-state index is -1.03. The average Bonchev–Trinajstić information content (AvgIpc) is 2.94. The highest BCUT2D eigenvalue weighted by Gasteiger charge is 2.37. The Labute approximate surface area is 232 Å². The molecule has 4 amide bonds. The number of imide groups is 2. The number of nitro groups is 1. The number of nitrogens with one attached hydrogen (secondary N) is 1. The van der Waals surface area contributed by atoms with Crippen LogP contribution >= 0.6 is 11.6 Å². The van der Waals surface area contributed by atoms with E-state index < -0.39 is 22.8 Å². The van der Waals surface area contributed by atoms with Crippen LogP contribution in [0.2, 0.25) is 5.02 Å². The van der Waals surface area contributed by atoms with Gasteiger partial charge in [0.2, 0.25) is 0 Å². The van der Waals surface area contributed by atoms with E-state index in [9.17, 15) is 24.5 Å². The van der Waals surface area contributed by atoms with Crippen LogP contribution in [-0.2, 0) is 16.2 Å². The standard InChI is InChI=1S/C29H20ClN3O7/c1-39-25-14-17(13-24(30)26(25)40-16-19-8-4-7-18-6-2-3-11-22(18)19)12-23-27(34)31-29(36)32(28(23)35)20-9-5-10-21(15-20)33(37)38/h2-15H,16H2,1H3,(H,31,34,36)/b23-12+. The lowest BCUT2D eigenvalue weighted by Crippen LogP contribution is -2.54. The highest BCUT2D eigenvalue weighted by Crippen LogP contribution is 2.38. The SMILES string of the molecule is COc1cc(/C=C2\C(=O)NC(=O)N(c3cccc([N+](=O)[O-])c3)C2=O)cc(Cl)c1OCc1cccc2ccccc12. The van der Waals surface area contributed by atoms with E-state index in [1.54, 1.807) is 0 Å². The number of amides is 4. The lowest BCUT2D eigenvalue weighted by atomic mass is 10.1. The van der Waals surface area contributed by atoms with Gasteiger partial charge >= 0.3 is 6.03 Å². The lowest BCUT2D eigenvalue weighted by Gasteiger charge is -2.26. The molecule has 200 valence electrons. The number of urea groups is 1. The number of nitrogens with zero attached hydrogens (tertiary/aromatic N) is 2. The summed E-state index contributed by atoms with van der Waals surface area (Å²) in [5.74, 6) is -1.36. The number of fused-ring (bicyclic) bond motifs is 1. The summed E-state index contributed by atoms with van der Waals surface area (Å²) in [6.07, 6.45) is 1.25. The summed E-state index contributed by atoms with van der Waals surface area (Å²) in [5, 5.41) is 15.5. The third-order valence-electron chi connectivity index (χ3n) is 6.22. The van der Waals surface area contributed by atoms with Gasteiger partial charge in [0.1, 0.15) is 12.2 Å². The quantitative estimate of drug-likeness (QED) is 0.134. The number of non-ortho nitro benzene ring substituents is 1. The van der Waals surface area contributed by atoms with Crippen molar-refractivity contribution < 1.29 is 28.8 Å². The first kappa shape index (κ1) is 26.4. The molecule has 0 atom stereocenters. The van der Waals surface area contributed by atoms with Crippen LogP contribution < -0.4 is 19.7 Å². The third-order valence-corrected chi connectivity index (χ3v) is 6.50. The fourth-order valence-corrected chi connectivity index (χ4v) is 4.61. The predicted molar refractivity (Wildman–Crippen MR) is 148 cm³/mol. The molecule has 0 saturated carbocycles. The Balaban J connectivity index is 1.45. The molecule has 1 fully saturated rings. The van der Waals surface area contributed by atoms with E-state index in [2.05, 4.69) is 5.32 Å². The van der Waals surface area contributed by atoms with Crippen molar-refractivity contribution in [1.29, 1.82) is 0 Å². The molecule has 0 radical (unpaired) electrons. The van der Waals surface area contributed by atoms with Gasteiger partial charge in [0.05, 0.1) is 22.7 Å². The van der Waals surface area contributed by atoms with Gasteiger partial charge in [-0.1, -0.05) is 60.1 Å². The number of benzene rings is 4. The monoisotopic (exact) mass is 557 g/mol. The molecule has 4 aromatic carbocycles. The van der Waals surface area contributed by atoms with Gasteiger partial charge in [0.15, 0.2) is 11.5 Å². The molecule has 1 N–H and O–H groups in total. The molecule has 1 heterocycles. The second-order valence-corrected chi connectivity index (χ2v) is 9.10. The van der Waals surface area contributed by atoms with Crippen molar-refractivity contribution in [1.82, 2.24) is 5.32 Å². The van der Waals surface area contributed by atoms with Crippen LogP contribution in [0.3, 0.4) is 0 Å². The number of halogens is 1. The van der Waals surface area contributed by atoms with E-state index in [0.29, 0.717) is 10.5 Å². The van der Waals surface area contributed by atoms with Crippen molar-refractivity contribution in [3.63, 3.8) is 0 Å². The van der Waals surface area contributed by atoms with E-state index in [1.165, 1.54) is 43.5 Å². The van der Waals surface area contributed by atoms with Crippen LogP contribution in [-0.4, -0.2) is 29.9 Å². The zero-order valence-electron chi connectivity index (χ0n) is 20.9. The molecule has 1 aliphatic rings. The number of hydrogen-bond acceptors (Lipinski definition) is 7. The summed E-state index contributed by atoms with van der Waals surface area (Å²) in [4.78, 5) is 49.5. The van der Waals surface area contributed by atoms with E-state index in [-0.39, 0.29) is 40.1 Å². The van der Waals surface area contributed by atoms with Crippen LogP contribution in [0.25, 0.3) is 16.8 Å². The molecular formula is C29H20ClN3O7. The van der Waals surface area contributed by atoms with Crippen LogP contribution in [0, 0.1) is 10.1 Å². The minimum absolute atomic E-state index is 0.0668. The maximum absolute atomic E-state index is 13.2. The Kier molecular flexibility index (Phi) is 7.17. The number of rotatable bonds is 7. The van der Waals surface area contributed by atoms with Gasteiger partial charge < -0.3 is 9.47 Å². The Morgan fingerprint density at radius 3 is 2.52 bits per heavy atom. The molecule has 10 nitrogen and oxygen atoms in total. The number of methoxy groups -OCH3 is 1. The number of nitro benzene ring substituents is 1. The Morgan fingerprint density at radius 2 is 1.75 bits per heavy atom. The topological polar surface area (TPSA) is 128 Å². The second kappa shape index (κ2) is 10.9. The first-order valence-electron chi connectivity index (χ1n) is 11.9. The number of ether oxygens (including phenoxy) is 2. The summed E-state index contributed by atoms with van der Waals surface area (Å²) < 4.78 is 11.5. The molecule has 0 unspecified atom stereocenters. The second-order valence-electron chi connectivity index (χ2n) is 8.70. The fourth-order valence-electron chi connectivity index (χ4n) is 4.34. The van der Waals surface area contributed by atoms with E-state index in [4.69, 9.17) is 21.1 Å². The third kappa shape index (κ3) is 5.07. The maximum Gasteiger partial charge on any atom is 0.335 e. The van der Waals surface area contributed by atoms with Crippen LogP contribution in [0.4, 0.5) is 16.2 Å². The summed E-state index contributed by atoms with van der Waals surface area (Å²) in [7, 11) is 1.43. The predicted octanol–water partition coefficient (Wildman–Crippen LogP) is 5.66. The largest absolute Gasteiger partial charge is 0.493 e. The van der Waals surface area contributed by atoms with Gasteiger partial charge in [-0.3, -0.25) is 25.0 Å². The Bertz CT molecular complexity index is 1730. The lowest BCUT2D eigenvalue weighted by molar-refractivity contribution is -0.384. The number of anilines is 1. The number of hydrogen-bond donors (Lipinski definition) is 1. The number of barbiturate groups is 1. The molecule has 0 bridgehead atoms. The molecule has 0 spiro atoms. The van der Waals surface area contributed by atoms with Gasteiger partial charge in [-0.15, -0.1) is 0 Å². The molecule has 1 aliphatic heterocycles. The molecule has 1 saturated heterocycles. The van der Waals surface area contributed by atoms with Gasteiger partial charge in [0.25, 0.3) is 17.5 Å². The van der Waals surface area contributed by atoms with Crippen molar-refractivity contribution in [3.05, 3.63) is 111 Å². The summed E-state index contributed by atoms with van der Waals surface area (Å²) in [6, 6.07) is 20.7. The normalized spacial score (nSPS) is 14.4. The Morgan fingerprint density at radius 1 is 1.00 bits per heavy atom. The Hall–Kier alpha value is -5.22. The van der Waals surface area contributed by atoms with E-state index in [0.717, 1.165) is 22.4 Å². The number of carbonyl (C=O) groups is 3. The molecular weight excluding hydrogens is 538 g/mol. The molecule has 0 aliphatic carbocycles. The first-order valence-corrected chi connectivity index (χ1v) is 12.3. The van der Waals surface area contributed by atoms with Crippen LogP contribution in [0.5, 0.6) is 11.5 Å². The number of carbonyl (C=O) groups excluding carboxylic acids is 3. The highest BCUT2D eigenvalue weighted by molar-refractivity contribution is 6.39. The average molecular weight is 558 g/mol. The molecule has 40 heavy (non-hydrogen) atoms. The van der Waals surface area contributed by atoms with Gasteiger partial charge in [-0.2, -0.15) is 0 Å². The molecule has 4 aromatic rings. The van der Waals surface area contributed by atoms with Crippen molar-refractivity contribution in [2.24, 2.45) is 0 Å². The van der Waals surface area contributed by atoms with Gasteiger partial charge in [-0.25, -0.2) is 9.69 Å². The van der Waals surface area contributed by atoms with E-state index in [1.807, 2.05) is 42.5 Å². The van der Waals surface area contributed by atoms with Crippen LogP contribution in [0.15, 0.2) is 84.4 Å². The first-order chi connectivity index (χ1) is 19.3. The van der Waals surface area contributed by atoms with Crippen molar-refractivity contribution in [2.75, 3.05) is 12.0 Å². The van der Waals surface area contributed by atoms with Crippen molar-refractivity contribution in [2.45, 2.75) is 6.61 Å². The molecule has 0 aromatic heterocycles. The van der Waals surface area contributed by atoms with Crippen molar-refractivity contribution >= 4 is 57.7 Å². The fraction of sp³-hybridized carbons (Fsp3) is 0.0690. The highest BCUT2D eigenvalue weighted by atomic mass is 35.5. The van der Waals surface area contributed by atoms with Crippen molar-refractivity contribution in [3.8, 4) is 11.5 Å². The summed E-state index contributed by atoms with van der Waals surface area (Å²) in [5.41, 5.74) is 0.497. The maximum atomic E-state index is 13.2. The van der Waals surface area contributed by atoms with Gasteiger partial charge in [0, 0.05) is 12.1 Å². The van der Waals surface area contributed by atoms with Gasteiger partial charge in [-0.05, 0) is 46.2 Å². The zero-order valence-corrected chi connectivity index (χ0v) is 21.7. The van der Waals surface area contributed by atoms with Crippen LogP contribution in [0.1, 0.15) is 11.1 Å². The summed E-state index contributed by atoms with van der Waals surface area (Å²) in [6.45, 7) is 0.207. The molecule has 11 heteroatoms. The minimum Gasteiger partial charge on any atom is -0.493 e. The zero-order chi connectivity index (χ0) is 28.4. The van der Waals surface area contributed by atoms with E-state index >= 15 is 0 Å². The smallest absolute Gasteiger partial charge is 0.335 e.